The lowest BCUT2D eigenvalue weighted by molar-refractivity contribution is -0.121. The normalized spacial score (nSPS) is 24.1. The molecule has 0 N–H and O–H groups in total. The van der Waals surface area contributed by atoms with Gasteiger partial charge in [0.2, 0.25) is 5.88 Å². The highest BCUT2D eigenvalue weighted by Gasteiger charge is 2.28. The number of alkyl halides is 1. The van der Waals surface area contributed by atoms with Crippen molar-refractivity contribution in [2.24, 2.45) is 11.8 Å². The number of hydrogen-bond donors (Lipinski definition) is 0. The van der Waals surface area contributed by atoms with Crippen LogP contribution in [0.4, 0.5) is 0 Å². The van der Waals surface area contributed by atoms with Gasteiger partial charge in [-0.1, -0.05) is 0 Å². The number of ether oxygens (including phenoxy) is 1. The molecule has 20 heavy (non-hydrogen) atoms. The fourth-order valence-electron chi connectivity index (χ4n) is 2.82. The Hall–Kier alpha value is -1.16. The number of carbonyl (C=O) groups is 1. The zero-order chi connectivity index (χ0) is 14.5. The van der Waals surface area contributed by atoms with Gasteiger partial charge in [-0.2, -0.15) is 5.10 Å². The van der Waals surface area contributed by atoms with Crippen LogP contribution in [0, 0.1) is 11.8 Å². The van der Waals surface area contributed by atoms with Crippen molar-refractivity contribution in [3.05, 3.63) is 17.8 Å². The number of ketones is 1. The highest BCUT2D eigenvalue weighted by molar-refractivity contribution is 6.20. The van der Waals surface area contributed by atoms with Crippen LogP contribution in [0.5, 0.6) is 5.88 Å². The monoisotopic (exact) mass is 296 g/mol. The smallest absolute Gasteiger partial charge is 0.233 e. The van der Waals surface area contributed by atoms with Gasteiger partial charge in [-0.15, -0.1) is 16.7 Å². The predicted octanol–water partition coefficient (Wildman–Crippen LogP) is 3.03. The maximum absolute atomic E-state index is 11.4. The minimum Gasteiger partial charge on any atom is -0.480 e. The number of nitrogens with zero attached hydrogens (tertiary/aromatic N) is 2. The summed E-state index contributed by atoms with van der Waals surface area (Å²) in [5.41, 5.74) is 0.888. The maximum atomic E-state index is 11.4. The summed E-state index contributed by atoms with van der Waals surface area (Å²) < 4.78 is 4.99. The highest BCUT2D eigenvalue weighted by Crippen LogP contribution is 2.34. The standard InChI is InChI=1S/C15H21ClN2O2/c1-10(19)11-3-5-12(6-4-11)14(16)9-13-7-8-15(20-2)18-17-13/h7-8,11-12,14H,3-6,9H2,1-2H3. The molecule has 0 saturated heterocycles. The molecular formula is C15H21ClN2O2. The molecular weight excluding hydrogens is 276 g/mol. The summed E-state index contributed by atoms with van der Waals surface area (Å²) in [5, 5.41) is 8.13. The summed E-state index contributed by atoms with van der Waals surface area (Å²) >= 11 is 6.51. The van der Waals surface area contributed by atoms with Crippen LogP contribution >= 0.6 is 11.6 Å². The van der Waals surface area contributed by atoms with Gasteiger partial charge in [0.15, 0.2) is 0 Å². The van der Waals surface area contributed by atoms with Gasteiger partial charge in [-0.25, -0.2) is 0 Å². The fraction of sp³-hybridized carbons (Fsp3) is 0.667. The maximum Gasteiger partial charge on any atom is 0.233 e. The molecule has 1 aliphatic carbocycles. The zero-order valence-corrected chi connectivity index (χ0v) is 12.8. The van der Waals surface area contributed by atoms with E-state index < -0.39 is 0 Å². The molecule has 1 aromatic rings. The second-order valence-electron chi connectivity index (χ2n) is 5.51. The molecule has 0 aromatic carbocycles. The Morgan fingerprint density at radius 2 is 2.05 bits per heavy atom. The zero-order valence-electron chi connectivity index (χ0n) is 12.0. The molecule has 1 aromatic heterocycles. The predicted molar refractivity (Wildman–Crippen MR) is 78.1 cm³/mol. The number of hydrogen-bond acceptors (Lipinski definition) is 4. The molecule has 1 atom stereocenters. The van der Waals surface area contributed by atoms with Gasteiger partial charge in [0.1, 0.15) is 5.78 Å². The lowest BCUT2D eigenvalue weighted by Gasteiger charge is -2.29. The second-order valence-corrected chi connectivity index (χ2v) is 6.07. The number of halogens is 1. The summed E-state index contributed by atoms with van der Waals surface area (Å²) in [6.45, 7) is 1.69. The van der Waals surface area contributed by atoms with Crippen molar-refractivity contribution in [2.45, 2.75) is 44.4 Å². The largest absolute Gasteiger partial charge is 0.480 e. The topological polar surface area (TPSA) is 52.1 Å². The molecule has 0 aliphatic heterocycles. The van der Waals surface area contributed by atoms with Gasteiger partial charge in [0.05, 0.1) is 12.8 Å². The lowest BCUT2D eigenvalue weighted by Crippen LogP contribution is -2.26. The Balaban J connectivity index is 1.85. The molecule has 4 nitrogen and oxygen atoms in total. The highest BCUT2D eigenvalue weighted by atomic mass is 35.5. The molecule has 1 saturated carbocycles. The molecule has 2 rings (SSSR count). The number of aromatic nitrogens is 2. The van der Waals surface area contributed by atoms with E-state index in [0.717, 1.165) is 31.4 Å². The number of carbonyl (C=O) groups excluding carboxylic acids is 1. The van der Waals surface area contributed by atoms with Gasteiger partial charge in [0.25, 0.3) is 0 Å². The Kier molecular flexibility index (Phi) is 5.35. The van der Waals surface area contributed by atoms with Crippen LogP contribution in [0.3, 0.4) is 0 Å². The molecule has 1 fully saturated rings. The van der Waals surface area contributed by atoms with Crippen molar-refractivity contribution in [3.8, 4) is 5.88 Å². The molecule has 1 unspecified atom stereocenters. The van der Waals surface area contributed by atoms with E-state index in [1.54, 1.807) is 20.1 Å². The summed E-state index contributed by atoms with van der Waals surface area (Å²) in [6, 6.07) is 3.71. The third kappa shape index (κ3) is 3.92. The molecule has 0 bridgehead atoms. The molecule has 0 spiro atoms. The first-order chi connectivity index (χ1) is 9.60. The summed E-state index contributed by atoms with van der Waals surface area (Å²) in [5.74, 6) is 1.55. The van der Waals surface area contributed by atoms with E-state index in [0.29, 0.717) is 24.0 Å². The summed E-state index contributed by atoms with van der Waals surface area (Å²) in [4.78, 5) is 11.4. The van der Waals surface area contributed by atoms with Crippen LogP contribution in [0.2, 0.25) is 0 Å². The van der Waals surface area contributed by atoms with Crippen LogP contribution in [0.15, 0.2) is 12.1 Å². The Labute approximate surface area is 124 Å². The van der Waals surface area contributed by atoms with Crippen LogP contribution in [-0.2, 0) is 11.2 Å². The third-order valence-electron chi connectivity index (χ3n) is 4.17. The quantitative estimate of drug-likeness (QED) is 0.784. The Bertz CT molecular complexity index is 442. The van der Waals surface area contributed by atoms with Gasteiger partial charge in [0, 0.05) is 23.8 Å². The van der Waals surface area contributed by atoms with E-state index in [2.05, 4.69) is 10.2 Å². The average Bonchev–Trinajstić information content (AvgIpc) is 2.48. The molecule has 0 amide bonds. The van der Waals surface area contributed by atoms with Crippen molar-refractivity contribution in [1.82, 2.24) is 10.2 Å². The first-order valence-corrected chi connectivity index (χ1v) is 7.55. The van der Waals surface area contributed by atoms with E-state index in [1.807, 2.05) is 6.07 Å². The lowest BCUT2D eigenvalue weighted by atomic mass is 9.78. The number of rotatable bonds is 5. The number of methoxy groups -OCH3 is 1. The Morgan fingerprint density at radius 1 is 1.35 bits per heavy atom. The molecule has 1 heterocycles. The van der Waals surface area contributed by atoms with Gasteiger partial charge < -0.3 is 4.74 Å². The molecule has 0 radical (unpaired) electrons. The SMILES string of the molecule is COc1ccc(CC(Cl)C2CCC(C(C)=O)CC2)nn1. The van der Waals surface area contributed by atoms with Crippen LogP contribution in [-0.4, -0.2) is 28.5 Å². The van der Waals surface area contributed by atoms with E-state index in [1.165, 1.54) is 0 Å². The van der Waals surface area contributed by atoms with E-state index in [4.69, 9.17) is 16.3 Å². The Morgan fingerprint density at radius 3 is 2.55 bits per heavy atom. The first-order valence-electron chi connectivity index (χ1n) is 7.11. The van der Waals surface area contributed by atoms with Crippen LogP contribution in [0.1, 0.15) is 38.3 Å². The minimum atomic E-state index is 0.0607. The van der Waals surface area contributed by atoms with Gasteiger partial charge in [-0.05, 0) is 44.6 Å². The molecule has 5 heteroatoms. The van der Waals surface area contributed by atoms with Gasteiger partial charge in [-0.3, -0.25) is 4.79 Å². The third-order valence-corrected chi connectivity index (χ3v) is 4.68. The summed E-state index contributed by atoms with van der Waals surface area (Å²) in [6.07, 6.45) is 4.72. The van der Waals surface area contributed by atoms with E-state index in [9.17, 15) is 4.79 Å². The van der Waals surface area contributed by atoms with E-state index in [-0.39, 0.29) is 11.3 Å². The molecule has 110 valence electrons. The minimum absolute atomic E-state index is 0.0607. The van der Waals surface area contributed by atoms with Gasteiger partial charge >= 0.3 is 0 Å². The van der Waals surface area contributed by atoms with Crippen molar-refractivity contribution >= 4 is 17.4 Å². The van der Waals surface area contributed by atoms with Crippen molar-refractivity contribution in [2.75, 3.05) is 7.11 Å². The van der Waals surface area contributed by atoms with Crippen molar-refractivity contribution in [1.29, 1.82) is 0 Å². The fourth-order valence-corrected chi connectivity index (χ4v) is 3.23. The first kappa shape index (κ1) is 15.2. The summed E-state index contributed by atoms with van der Waals surface area (Å²) in [7, 11) is 1.57. The number of Topliss-reactive ketones (excluding diaryl/α,β-unsaturated/α-hetero) is 1. The van der Waals surface area contributed by atoms with E-state index >= 15 is 0 Å². The second kappa shape index (κ2) is 7.02. The van der Waals surface area contributed by atoms with Crippen LogP contribution in [0.25, 0.3) is 0 Å². The average molecular weight is 297 g/mol. The van der Waals surface area contributed by atoms with Crippen LogP contribution < -0.4 is 4.74 Å². The van der Waals surface area contributed by atoms with Crippen molar-refractivity contribution in [3.63, 3.8) is 0 Å². The molecule has 1 aliphatic rings. The van der Waals surface area contributed by atoms with Crippen molar-refractivity contribution < 1.29 is 9.53 Å².